The molecule has 0 aliphatic rings. The average molecular weight is 408 g/mol. The van der Waals surface area contributed by atoms with E-state index in [9.17, 15) is 21.6 Å². The molecule has 0 aliphatic carbocycles. The molecule has 2 aromatic carbocycles. The molecular weight excluding hydrogens is 393 g/mol. The van der Waals surface area contributed by atoms with Crippen LogP contribution in [-0.2, 0) is 22.6 Å². The summed E-state index contributed by atoms with van der Waals surface area (Å²) in [5.41, 5.74) is 0.0789. The minimum absolute atomic E-state index is 0.0181. The Bertz CT molecular complexity index is 1090. The van der Waals surface area contributed by atoms with Crippen LogP contribution in [0.1, 0.15) is 11.1 Å². The molecule has 3 rings (SSSR count). The first-order valence-corrected chi connectivity index (χ1v) is 9.95. The Hall–Kier alpha value is -2.94. The molecule has 9 heteroatoms. The Morgan fingerprint density at radius 3 is 2.32 bits per heavy atom. The summed E-state index contributed by atoms with van der Waals surface area (Å²) < 4.78 is 68.3. The molecule has 0 fully saturated rings. The molecule has 1 heterocycles. The predicted molar refractivity (Wildman–Crippen MR) is 96.4 cm³/mol. The highest BCUT2D eigenvalue weighted by Crippen LogP contribution is 2.32. The fourth-order valence-electron chi connectivity index (χ4n) is 2.38. The van der Waals surface area contributed by atoms with Crippen molar-refractivity contribution in [3.05, 3.63) is 71.8 Å². The van der Waals surface area contributed by atoms with Crippen LogP contribution >= 0.6 is 0 Å². The van der Waals surface area contributed by atoms with Gasteiger partial charge in [0.05, 0.1) is 11.3 Å². The van der Waals surface area contributed by atoms with Crippen LogP contribution in [0.2, 0.25) is 0 Å². The number of alkyl halides is 3. The van der Waals surface area contributed by atoms with Gasteiger partial charge in [-0.2, -0.15) is 18.2 Å². The van der Waals surface area contributed by atoms with Crippen molar-refractivity contribution in [2.24, 2.45) is 0 Å². The van der Waals surface area contributed by atoms with Gasteiger partial charge in [0.2, 0.25) is 15.7 Å². The van der Waals surface area contributed by atoms with Gasteiger partial charge in [-0.3, -0.25) is 0 Å². The smallest absolute Gasteiger partial charge is 0.416 e. The minimum Gasteiger partial charge on any atom is -0.473 e. The van der Waals surface area contributed by atoms with Crippen LogP contribution in [0.25, 0.3) is 11.3 Å². The largest absolute Gasteiger partial charge is 0.473 e. The summed E-state index contributed by atoms with van der Waals surface area (Å²) in [6, 6.07) is 14.9. The molecule has 0 amide bonds. The molecule has 28 heavy (non-hydrogen) atoms. The second-order valence-electron chi connectivity index (χ2n) is 6.00. The van der Waals surface area contributed by atoms with Crippen LogP contribution < -0.4 is 4.74 Å². The van der Waals surface area contributed by atoms with Gasteiger partial charge in [-0.1, -0.05) is 42.5 Å². The van der Waals surface area contributed by atoms with E-state index in [4.69, 9.17) is 4.74 Å². The lowest BCUT2D eigenvalue weighted by molar-refractivity contribution is -0.137. The highest BCUT2D eigenvalue weighted by Gasteiger charge is 2.30. The van der Waals surface area contributed by atoms with Gasteiger partial charge in [-0.25, -0.2) is 13.4 Å². The summed E-state index contributed by atoms with van der Waals surface area (Å²) in [4.78, 5) is 7.78. The van der Waals surface area contributed by atoms with Gasteiger partial charge in [0.15, 0.2) is 0 Å². The first kappa shape index (κ1) is 19.8. The molecule has 146 valence electrons. The summed E-state index contributed by atoms with van der Waals surface area (Å²) in [7, 11) is -3.80. The molecule has 0 radical (unpaired) electrons. The molecule has 0 atom stereocenters. The van der Waals surface area contributed by atoms with Gasteiger partial charge in [0.1, 0.15) is 6.61 Å². The van der Waals surface area contributed by atoms with E-state index in [1.807, 2.05) is 30.3 Å². The maximum Gasteiger partial charge on any atom is 0.416 e. The molecule has 0 bridgehead atoms. The fraction of sp³-hybridized carbons (Fsp3) is 0.158. The van der Waals surface area contributed by atoms with Crippen molar-refractivity contribution < 1.29 is 26.3 Å². The van der Waals surface area contributed by atoms with Crippen molar-refractivity contribution in [2.45, 2.75) is 17.9 Å². The van der Waals surface area contributed by atoms with E-state index in [2.05, 4.69) is 9.97 Å². The van der Waals surface area contributed by atoms with E-state index in [1.54, 1.807) is 0 Å². The number of hydrogen-bond donors (Lipinski definition) is 0. The van der Waals surface area contributed by atoms with Crippen LogP contribution in [0.15, 0.2) is 65.8 Å². The number of ether oxygens (including phenoxy) is 1. The zero-order valence-corrected chi connectivity index (χ0v) is 15.5. The third-order valence-corrected chi connectivity index (χ3v) is 4.57. The lowest BCUT2D eigenvalue weighted by Crippen LogP contribution is -2.08. The Balaban J connectivity index is 2.01. The van der Waals surface area contributed by atoms with E-state index in [0.717, 1.165) is 24.0 Å². The van der Waals surface area contributed by atoms with Gasteiger partial charge in [0, 0.05) is 17.9 Å². The fourth-order valence-corrected chi connectivity index (χ4v) is 2.90. The third kappa shape index (κ3) is 4.86. The first-order chi connectivity index (χ1) is 13.1. The average Bonchev–Trinajstić information content (AvgIpc) is 2.66. The summed E-state index contributed by atoms with van der Waals surface area (Å²) in [5, 5.41) is -0.523. The lowest BCUT2D eigenvalue weighted by atomic mass is 10.1. The molecule has 0 aliphatic heterocycles. The minimum atomic E-state index is -4.53. The highest BCUT2D eigenvalue weighted by atomic mass is 32.2. The Kier molecular flexibility index (Phi) is 5.37. The third-order valence-electron chi connectivity index (χ3n) is 3.73. The van der Waals surface area contributed by atoms with Crippen molar-refractivity contribution in [3.63, 3.8) is 0 Å². The van der Waals surface area contributed by atoms with Gasteiger partial charge in [-0.05, 0) is 17.7 Å². The van der Waals surface area contributed by atoms with E-state index in [0.29, 0.717) is 0 Å². The Morgan fingerprint density at radius 1 is 0.964 bits per heavy atom. The second kappa shape index (κ2) is 7.59. The number of rotatable bonds is 5. The van der Waals surface area contributed by atoms with Gasteiger partial charge >= 0.3 is 6.18 Å². The highest BCUT2D eigenvalue weighted by molar-refractivity contribution is 7.90. The zero-order chi connectivity index (χ0) is 20.4. The number of halogens is 3. The molecule has 0 unspecified atom stereocenters. The number of nitrogens with zero attached hydrogens (tertiary/aromatic N) is 2. The predicted octanol–water partition coefficient (Wildman–Crippen LogP) is 4.14. The molecular formula is C19H15F3N2O3S. The van der Waals surface area contributed by atoms with Crippen molar-refractivity contribution in [3.8, 4) is 17.1 Å². The Labute approximate surface area is 159 Å². The molecule has 1 aromatic heterocycles. The van der Waals surface area contributed by atoms with Crippen molar-refractivity contribution in [1.29, 1.82) is 0 Å². The zero-order valence-electron chi connectivity index (χ0n) is 14.6. The van der Waals surface area contributed by atoms with Crippen LogP contribution in [-0.4, -0.2) is 24.6 Å². The molecule has 3 aromatic rings. The number of aromatic nitrogens is 2. The molecule has 0 saturated heterocycles. The summed E-state index contributed by atoms with van der Waals surface area (Å²) >= 11 is 0. The Morgan fingerprint density at radius 2 is 1.68 bits per heavy atom. The van der Waals surface area contributed by atoms with Crippen molar-refractivity contribution in [2.75, 3.05) is 6.26 Å². The van der Waals surface area contributed by atoms with Gasteiger partial charge in [0.25, 0.3) is 5.16 Å². The molecule has 5 nitrogen and oxygen atoms in total. The van der Waals surface area contributed by atoms with Gasteiger partial charge < -0.3 is 4.74 Å². The van der Waals surface area contributed by atoms with Crippen molar-refractivity contribution >= 4 is 9.84 Å². The van der Waals surface area contributed by atoms with Gasteiger partial charge in [-0.15, -0.1) is 0 Å². The molecule has 0 saturated carbocycles. The summed E-state index contributed by atoms with van der Waals surface area (Å²) in [6.45, 7) is 0.114. The monoisotopic (exact) mass is 408 g/mol. The standard InChI is InChI=1S/C19H15F3N2O3S/c1-28(25,26)18-23-16(14-8-5-9-15(10-14)19(20,21)22)11-17(24-18)27-12-13-6-3-2-4-7-13/h2-11H,12H2,1H3. The second-order valence-corrected chi connectivity index (χ2v) is 7.91. The molecule has 0 N–H and O–H groups in total. The van der Waals surface area contributed by atoms with Crippen LogP contribution in [0, 0.1) is 0 Å². The maximum absolute atomic E-state index is 13.0. The topological polar surface area (TPSA) is 69.2 Å². The first-order valence-electron chi connectivity index (χ1n) is 8.06. The normalized spacial score (nSPS) is 12.0. The SMILES string of the molecule is CS(=O)(=O)c1nc(OCc2ccccc2)cc(-c2cccc(C(F)(F)F)c2)n1. The van der Waals surface area contributed by atoms with E-state index >= 15 is 0 Å². The van der Waals surface area contributed by atoms with Crippen LogP contribution in [0.4, 0.5) is 13.2 Å². The van der Waals surface area contributed by atoms with E-state index < -0.39 is 26.7 Å². The number of sulfone groups is 1. The maximum atomic E-state index is 13.0. The lowest BCUT2D eigenvalue weighted by Gasteiger charge is -2.11. The quantitative estimate of drug-likeness (QED) is 0.594. The van der Waals surface area contributed by atoms with E-state index in [-0.39, 0.29) is 23.7 Å². The summed E-state index contributed by atoms with van der Waals surface area (Å²) in [5.74, 6) is -0.0494. The number of hydrogen-bond acceptors (Lipinski definition) is 5. The number of benzene rings is 2. The van der Waals surface area contributed by atoms with Crippen LogP contribution in [0.5, 0.6) is 5.88 Å². The summed E-state index contributed by atoms with van der Waals surface area (Å²) in [6.07, 6.45) is -3.62. The van der Waals surface area contributed by atoms with Crippen LogP contribution in [0.3, 0.4) is 0 Å². The molecule has 0 spiro atoms. The van der Waals surface area contributed by atoms with E-state index in [1.165, 1.54) is 18.2 Å². The van der Waals surface area contributed by atoms with Crippen molar-refractivity contribution in [1.82, 2.24) is 9.97 Å².